The lowest BCUT2D eigenvalue weighted by molar-refractivity contribution is -0.205. The number of rotatable bonds is 7. The molecule has 40 heavy (non-hydrogen) atoms. The van der Waals surface area contributed by atoms with Crippen molar-refractivity contribution in [2.75, 3.05) is 18.8 Å². The van der Waals surface area contributed by atoms with E-state index in [1.54, 1.807) is 11.8 Å². The van der Waals surface area contributed by atoms with Crippen LogP contribution in [0.5, 0.6) is 0 Å². The summed E-state index contributed by atoms with van der Waals surface area (Å²) in [7, 11) is 0. The molecule has 0 spiro atoms. The average Bonchev–Trinajstić information content (AvgIpc) is 3.29. The van der Waals surface area contributed by atoms with Crippen molar-refractivity contribution in [3.63, 3.8) is 0 Å². The molecule has 7 nitrogen and oxygen atoms in total. The molecule has 0 aromatic rings. The zero-order valence-electron chi connectivity index (χ0n) is 25.5. The van der Waals surface area contributed by atoms with Crippen molar-refractivity contribution < 1.29 is 24.2 Å². The van der Waals surface area contributed by atoms with Gasteiger partial charge in [0.25, 0.3) is 0 Å². The SMILES string of the molecule is C=C[C@]1(C)C[C@@H](OC(=O)CS[C@H]2CCCN(C(=O)[C@H](N)C(C)C)C2)[C@]2(C)[C@H](C)CC[C@]3(CCC(=O)[C@H]32)[C@@H](C)[C@@H]1O. The second kappa shape index (κ2) is 11.7. The first-order valence-electron chi connectivity index (χ1n) is 15.4. The van der Waals surface area contributed by atoms with Crippen molar-refractivity contribution in [2.45, 2.75) is 110 Å². The predicted molar refractivity (Wildman–Crippen MR) is 160 cm³/mol. The summed E-state index contributed by atoms with van der Waals surface area (Å²) in [5, 5.41) is 11.8. The Kier molecular flexibility index (Phi) is 9.24. The third kappa shape index (κ3) is 5.30. The van der Waals surface area contributed by atoms with Crippen LogP contribution in [0.15, 0.2) is 12.7 Å². The number of ketones is 1. The molecule has 3 saturated carbocycles. The van der Waals surface area contributed by atoms with Gasteiger partial charge in [-0.3, -0.25) is 14.4 Å². The molecule has 4 aliphatic rings. The van der Waals surface area contributed by atoms with E-state index in [1.807, 2.05) is 31.7 Å². The highest BCUT2D eigenvalue weighted by molar-refractivity contribution is 8.00. The minimum absolute atomic E-state index is 0.0159. The highest BCUT2D eigenvalue weighted by Crippen LogP contribution is 2.68. The van der Waals surface area contributed by atoms with Gasteiger partial charge in [-0.2, -0.15) is 0 Å². The van der Waals surface area contributed by atoms with E-state index in [1.165, 1.54) is 0 Å². The van der Waals surface area contributed by atoms with E-state index in [4.69, 9.17) is 10.5 Å². The molecule has 0 aromatic heterocycles. The van der Waals surface area contributed by atoms with Crippen molar-refractivity contribution >= 4 is 29.4 Å². The summed E-state index contributed by atoms with van der Waals surface area (Å²) in [6.07, 6.45) is 6.12. The van der Waals surface area contributed by atoms with E-state index >= 15 is 0 Å². The Morgan fingerprint density at radius 2 is 1.95 bits per heavy atom. The van der Waals surface area contributed by atoms with E-state index in [2.05, 4.69) is 27.4 Å². The summed E-state index contributed by atoms with van der Waals surface area (Å²) in [4.78, 5) is 41.7. The number of thioether (sulfide) groups is 1. The Hall–Kier alpha value is -1.38. The van der Waals surface area contributed by atoms with Gasteiger partial charge in [0.2, 0.25) is 5.91 Å². The van der Waals surface area contributed by atoms with E-state index in [0.29, 0.717) is 25.9 Å². The number of aliphatic hydroxyl groups is 1. The molecule has 3 aliphatic carbocycles. The molecule has 10 atom stereocenters. The Bertz CT molecular complexity index is 1000. The lowest BCUT2D eigenvalue weighted by Gasteiger charge is -2.61. The van der Waals surface area contributed by atoms with Crippen molar-refractivity contribution in [1.82, 2.24) is 4.90 Å². The molecule has 1 amide bonds. The smallest absolute Gasteiger partial charge is 0.316 e. The quantitative estimate of drug-likeness (QED) is 0.337. The van der Waals surface area contributed by atoms with E-state index in [0.717, 1.165) is 32.1 Å². The van der Waals surface area contributed by atoms with Gasteiger partial charge in [-0.25, -0.2) is 0 Å². The number of ether oxygens (including phenoxy) is 1. The molecule has 0 unspecified atom stereocenters. The number of aliphatic hydroxyl groups excluding tert-OH is 1. The zero-order chi connectivity index (χ0) is 29.6. The van der Waals surface area contributed by atoms with Gasteiger partial charge >= 0.3 is 5.97 Å². The third-order valence-electron chi connectivity index (χ3n) is 11.7. The molecule has 1 heterocycles. The van der Waals surface area contributed by atoms with Gasteiger partial charge in [-0.1, -0.05) is 47.6 Å². The summed E-state index contributed by atoms with van der Waals surface area (Å²) < 4.78 is 6.38. The molecule has 4 fully saturated rings. The zero-order valence-corrected chi connectivity index (χ0v) is 26.3. The number of piperidine rings is 1. The fourth-order valence-electron chi connectivity index (χ4n) is 8.65. The van der Waals surface area contributed by atoms with Crippen LogP contribution in [0.2, 0.25) is 0 Å². The molecule has 2 bridgehead atoms. The van der Waals surface area contributed by atoms with Gasteiger partial charge in [0.1, 0.15) is 11.9 Å². The number of nitrogens with zero attached hydrogens (tertiary/aromatic N) is 1. The first kappa shape index (κ1) is 31.6. The minimum atomic E-state index is -0.671. The molecule has 1 aliphatic heterocycles. The van der Waals surface area contributed by atoms with Crippen molar-refractivity contribution in [2.24, 2.45) is 45.7 Å². The van der Waals surface area contributed by atoms with Crippen molar-refractivity contribution in [3.8, 4) is 0 Å². The number of Topliss-reactive ketones (excluding diaryl/α,β-unsaturated/α-hetero) is 1. The molecule has 0 aromatic carbocycles. The van der Waals surface area contributed by atoms with Gasteiger partial charge < -0.3 is 20.5 Å². The largest absolute Gasteiger partial charge is 0.461 e. The molecule has 0 radical (unpaired) electrons. The topological polar surface area (TPSA) is 110 Å². The number of amides is 1. The van der Waals surface area contributed by atoms with Crippen LogP contribution in [0.4, 0.5) is 0 Å². The average molecular weight is 577 g/mol. The summed E-state index contributed by atoms with van der Waals surface area (Å²) in [6.45, 7) is 17.8. The van der Waals surface area contributed by atoms with Crippen molar-refractivity contribution in [3.05, 3.63) is 12.7 Å². The highest BCUT2D eigenvalue weighted by Gasteiger charge is 2.68. The predicted octanol–water partition coefficient (Wildman–Crippen LogP) is 4.60. The van der Waals surface area contributed by atoms with Crippen LogP contribution in [0.25, 0.3) is 0 Å². The third-order valence-corrected chi connectivity index (χ3v) is 13.0. The number of esters is 1. The van der Waals surface area contributed by atoms with Gasteiger partial charge in [0.05, 0.1) is 17.9 Å². The van der Waals surface area contributed by atoms with E-state index in [-0.39, 0.29) is 57.7 Å². The molecule has 1 saturated heterocycles. The molecular weight excluding hydrogens is 524 g/mol. The maximum absolute atomic E-state index is 13.6. The molecule has 4 rings (SSSR count). The normalized spacial score (nSPS) is 42.5. The van der Waals surface area contributed by atoms with Crippen molar-refractivity contribution in [1.29, 1.82) is 0 Å². The van der Waals surface area contributed by atoms with E-state index < -0.39 is 29.1 Å². The van der Waals surface area contributed by atoms with Gasteiger partial charge in [-0.05, 0) is 61.7 Å². The molecule has 3 N–H and O–H groups in total. The monoisotopic (exact) mass is 576 g/mol. The summed E-state index contributed by atoms with van der Waals surface area (Å²) >= 11 is 1.55. The number of carbonyl (C=O) groups is 3. The Morgan fingerprint density at radius 1 is 1.25 bits per heavy atom. The standard InChI is InChI=1S/C32H52N2O5S/c1-8-30(6)16-24(31(7)20(4)11-13-32(21(5)28(30)37)14-12-23(35)27(31)32)39-25(36)18-40-22-10-9-15-34(17-22)29(38)26(33)19(2)3/h8,19-22,24,26-28,37H,1,9-18,33H2,2-7H3/t20-,21+,22+,24-,26-,27+,28+,30-,31+,32+/m1/s1. The highest BCUT2D eigenvalue weighted by atomic mass is 32.2. The van der Waals surface area contributed by atoms with Crippen LogP contribution in [0, 0.1) is 39.9 Å². The Labute approximate surface area is 245 Å². The summed E-state index contributed by atoms with van der Waals surface area (Å²) in [5.41, 5.74) is 4.70. The second-order valence-electron chi connectivity index (χ2n) is 14.2. The summed E-state index contributed by atoms with van der Waals surface area (Å²) in [5.74, 6) is 0.158. The number of hydrogen-bond donors (Lipinski definition) is 2. The number of nitrogens with two attached hydrogens (primary N) is 1. The number of hydrogen-bond acceptors (Lipinski definition) is 7. The number of likely N-dealkylation sites (tertiary alicyclic amines) is 1. The van der Waals surface area contributed by atoms with Gasteiger partial charge in [-0.15, -0.1) is 18.3 Å². The molecule has 8 heteroatoms. The molecule has 226 valence electrons. The fourth-order valence-corrected chi connectivity index (χ4v) is 9.71. The second-order valence-corrected chi connectivity index (χ2v) is 15.5. The van der Waals surface area contributed by atoms with E-state index in [9.17, 15) is 19.5 Å². The lowest BCUT2D eigenvalue weighted by atomic mass is 9.44. The minimum Gasteiger partial charge on any atom is -0.461 e. The van der Waals surface area contributed by atoms with Crippen LogP contribution in [0.3, 0.4) is 0 Å². The van der Waals surface area contributed by atoms with Gasteiger partial charge in [0.15, 0.2) is 0 Å². The lowest BCUT2D eigenvalue weighted by Crippen LogP contribution is -2.63. The van der Waals surface area contributed by atoms with Gasteiger partial charge in [0, 0.05) is 41.5 Å². The van der Waals surface area contributed by atoms with Crippen LogP contribution in [0.1, 0.15) is 86.5 Å². The Balaban J connectivity index is 1.52. The first-order chi connectivity index (χ1) is 18.7. The fraction of sp³-hybridized carbons (Fsp3) is 0.844. The Morgan fingerprint density at radius 3 is 2.60 bits per heavy atom. The van der Waals surface area contributed by atoms with Crippen LogP contribution in [-0.2, 0) is 19.1 Å². The number of carbonyl (C=O) groups excluding carboxylic acids is 3. The first-order valence-corrected chi connectivity index (χ1v) is 16.5. The molecular formula is C32H52N2O5S. The maximum atomic E-state index is 13.6. The van der Waals surface area contributed by atoms with Crippen LogP contribution in [-0.4, -0.2) is 70.0 Å². The maximum Gasteiger partial charge on any atom is 0.316 e. The summed E-state index contributed by atoms with van der Waals surface area (Å²) in [6, 6.07) is -0.506. The van der Waals surface area contributed by atoms with Crippen LogP contribution < -0.4 is 5.73 Å². The van der Waals surface area contributed by atoms with Crippen LogP contribution >= 0.6 is 11.8 Å².